The zero-order valence-corrected chi connectivity index (χ0v) is 7.75. The zero-order chi connectivity index (χ0) is 10.7. The van der Waals surface area contributed by atoms with E-state index in [2.05, 4.69) is 9.97 Å². The number of carbonyl (C=O) groups is 1. The van der Waals surface area contributed by atoms with Gasteiger partial charge in [0.15, 0.2) is 5.76 Å². The number of carboxylic acid groups (broad SMARTS) is 1. The van der Waals surface area contributed by atoms with Crippen LogP contribution < -0.4 is 0 Å². The molecule has 0 saturated carbocycles. The number of nitrogens with zero attached hydrogens (tertiary/aromatic N) is 2. The van der Waals surface area contributed by atoms with E-state index in [4.69, 9.17) is 9.52 Å². The van der Waals surface area contributed by atoms with Gasteiger partial charge in [-0.1, -0.05) is 0 Å². The van der Waals surface area contributed by atoms with Crippen LogP contribution in [0.5, 0.6) is 0 Å². The van der Waals surface area contributed by atoms with Crippen LogP contribution >= 0.6 is 0 Å². The van der Waals surface area contributed by atoms with Crippen molar-refractivity contribution in [2.45, 2.75) is 6.42 Å². The maximum Gasteiger partial charge on any atom is 0.309 e. The number of aliphatic carboxylic acids is 1. The van der Waals surface area contributed by atoms with Crippen LogP contribution in [0.1, 0.15) is 5.69 Å². The molecule has 2 aromatic heterocycles. The van der Waals surface area contributed by atoms with Crippen LogP contribution in [0.25, 0.3) is 11.5 Å². The second-order valence-electron chi connectivity index (χ2n) is 2.94. The number of rotatable bonds is 3. The monoisotopic (exact) mass is 204 g/mol. The summed E-state index contributed by atoms with van der Waals surface area (Å²) >= 11 is 0. The topological polar surface area (TPSA) is 76.2 Å². The molecule has 5 nitrogen and oxygen atoms in total. The third-order valence-electron chi connectivity index (χ3n) is 1.79. The van der Waals surface area contributed by atoms with E-state index < -0.39 is 5.97 Å². The Bertz CT molecular complexity index is 465. The van der Waals surface area contributed by atoms with E-state index in [0.29, 0.717) is 17.1 Å². The summed E-state index contributed by atoms with van der Waals surface area (Å²) in [5.74, 6) is -0.351. The second kappa shape index (κ2) is 3.91. The van der Waals surface area contributed by atoms with Crippen molar-refractivity contribution >= 4 is 5.97 Å². The molecule has 0 fully saturated rings. The highest BCUT2D eigenvalue weighted by molar-refractivity contribution is 5.69. The van der Waals surface area contributed by atoms with Crippen LogP contribution in [-0.4, -0.2) is 21.0 Å². The van der Waals surface area contributed by atoms with Gasteiger partial charge in [0.25, 0.3) is 0 Å². The predicted molar refractivity (Wildman–Crippen MR) is 51.1 cm³/mol. The van der Waals surface area contributed by atoms with Crippen molar-refractivity contribution in [1.82, 2.24) is 9.97 Å². The van der Waals surface area contributed by atoms with Crippen LogP contribution in [0.2, 0.25) is 0 Å². The van der Waals surface area contributed by atoms with Crippen molar-refractivity contribution in [2.24, 2.45) is 0 Å². The van der Waals surface area contributed by atoms with Gasteiger partial charge < -0.3 is 9.52 Å². The first-order valence-corrected chi connectivity index (χ1v) is 4.32. The molecule has 0 aliphatic heterocycles. The molecule has 1 N–H and O–H groups in total. The first kappa shape index (κ1) is 9.39. The van der Waals surface area contributed by atoms with Gasteiger partial charge in [-0.3, -0.25) is 9.78 Å². The molecule has 5 heteroatoms. The highest BCUT2D eigenvalue weighted by Crippen LogP contribution is 2.16. The molecule has 0 amide bonds. The van der Waals surface area contributed by atoms with Crippen molar-refractivity contribution in [3.05, 3.63) is 36.5 Å². The Kier molecular flexibility index (Phi) is 2.45. The van der Waals surface area contributed by atoms with Crippen LogP contribution in [-0.2, 0) is 11.2 Å². The summed E-state index contributed by atoms with van der Waals surface area (Å²) < 4.78 is 5.13. The number of furan rings is 1. The van der Waals surface area contributed by atoms with Crippen molar-refractivity contribution in [2.75, 3.05) is 0 Å². The normalized spacial score (nSPS) is 10.1. The van der Waals surface area contributed by atoms with E-state index >= 15 is 0 Å². The van der Waals surface area contributed by atoms with Gasteiger partial charge in [-0.25, -0.2) is 4.98 Å². The number of carboxylic acids is 1. The van der Waals surface area contributed by atoms with E-state index in [9.17, 15) is 4.79 Å². The molecule has 0 aromatic carbocycles. The largest absolute Gasteiger partial charge is 0.481 e. The Morgan fingerprint density at radius 3 is 3.00 bits per heavy atom. The summed E-state index contributed by atoms with van der Waals surface area (Å²) in [6, 6.07) is 3.48. The maximum atomic E-state index is 10.5. The predicted octanol–water partition coefficient (Wildman–Crippen LogP) is 1.36. The van der Waals surface area contributed by atoms with Crippen molar-refractivity contribution < 1.29 is 14.3 Å². The molecule has 0 atom stereocenters. The summed E-state index contributed by atoms with van der Waals surface area (Å²) in [4.78, 5) is 18.5. The number of hydrogen-bond donors (Lipinski definition) is 1. The molecule has 2 rings (SSSR count). The van der Waals surface area contributed by atoms with Gasteiger partial charge in [0.05, 0.1) is 24.6 Å². The fourth-order valence-electron chi connectivity index (χ4n) is 1.19. The van der Waals surface area contributed by atoms with Gasteiger partial charge in [0, 0.05) is 6.20 Å². The Balaban J connectivity index is 2.31. The number of hydrogen-bond acceptors (Lipinski definition) is 4. The lowest BCUT2D eigenvalue weighted by atomic mass is 10.3. The van der Waals surface area contributed by atoms with E-state index in [-0.39, 0.29) is 6.42 Å². The average Bonchev–Trinajstić information content (AvgIpc) is 2.69. The van der Waals surface area contributed by atoms with Gasteiger partial charge in [0.2, 0.25) is 0 Å². The lowest BCUT2D eigenvalue weighted by Gasteiger charge is -1.98. The smallest absolute Gasteiger partial charge is 0.309 e. The SMILES string of the molecule is O=C(O)Cc1cncc(-c2ccco2)n1. The molecule has 0 radical (unpaired) electrons. The fourth-order valence-corrected chi connectivity index (χ4v) is 1.19. The Morgan fingerprint density at radius 2 is 2.33 bits per heavy atom. The first-order valence-electron chi connectivity index (χ1n) is 4.32. The van der Waals surface area contributed by atoms with E-state index in [1.807, 2.05) is 0 Å². The van der Waals surface area contributed by atoms with Crippen LogP contribution in [0.15, 0.2) is 35.2 Å². The molecular formula is C10H8N2O3. The fraction of sp³-hybridized carbons (Fsp3) is 0.100. The minimum absolute atomic E-state index is 0.137. The van der Waals surface area contributed by atoms with Gasteiger partial charge in [0.1, 0.15) is 5.69 Å². The highest BCUT2D eigenvalue weighted by atomic mass is 16.4. The van der Waals surface area contributed by atoms with E-state index in [0.717, 1.165) is 0 Å². The summed E-state index contributed by atoms with van der Waals surface area (Å²) in [6.07, 6.45) is 4.35. The maximum absolute atomic E-state index is 10.5. The summed E-state index contributed by atoms with van der Waals surface area (Å²) in [7, 11) is 0. The van der Waals surface area contributed by atoms with Gasteiger partial charge in [-0.05, 0) is 12.1 Å². The molecule has 15 heavy (non-hydrogen) atoms. The molecule has 0 unspecified atom stereocenters. The molecular weight excluding hydrogens is 196 g/mol. The summed E-state index contributed by atoms with van der Waals surface area (Å²) in [6.45, 7) is 0. The quantitative estimate of drug-likeness (QED) is 0.816. The molecule has 76 valence electrons. The Morgan fingerprint density at radius 1 is 1.47 bits per heavy atom. The van der Waals surface area contributed by atoms with Gasteiger partial charge >= 0.3 is 5.97 Å². The zero-order valence-electron chi connectivity index (χ0n) is 7.75. The highest BCUT2D eigenvalue weighted by Gasteiger charge is 2.06. The molecule has 0 aliphatic carbocycles. The Labute approximate surface area is 85.4 Å². The minimum atomic E-state index is -0.930. The Hall–Kier alpha value is -2.17. The van der Waals surface area contributed by atoms with Gasteiger partial charge in [-0.2, -0.15) is 0 Å². The van der Waals surface area contributed by atoms with Crippen LogP contribution in [0.4, 0.5) is 0 Å². The lowest BCUT2D eigenvalue weighted by Crippen LogP contribution is -2.03. The number of aromatic nitrogens is 2. The summed E-state index contributed by atoms with van der Waals surface area (Å²) in [5.41, 5.74) is 0.954. The molecule has 2 heterocycles. The molecule has 0 bridgehead atoms. The molecule has 0 aliphatic rings. The van der Waals surface area contributed by atoms with Crippen molar-refractivity contribution in [1.29, 1.82) is 0 Å². The first-order chi connectivity index (χ1) is 7.25. The third-order valence-corrected chi connectivity index (χ3v) is 1.79. The van der Waals surface area contributed by atoms with Gasteiger partial charge in [-0.15, -0.1) is 0 Å². The third kappa shape index (κ3) is 2.19. The van der Waals surface area contributed by atoms with Crippen LogP contribution in [0, 0.1) is 0 Å². The minimum Gasteiger partial charge on any atom is -0.481 e. The molecule has 0 saturated heterocycles. The average molecular weight is 204 g/mol. The standard InChI is InChI=1S/C10H8N2O3/c13-10(14)4-7-5-11-6-8(12-7)9-2-1-3-15-9/h1-3,5-6H,4H2,(H,13,14). The molecule has 0 spiro atoms. The lowest BCUT2D eigenvalue weighted by molar-refractivity contribution is -0.136. The molecule has 2 aromatic rings. The summed E-state index contributed by atoms with van der Waals surface area (Å²) in [5, 5.41) is 8.60. The second-order valence-corrected chi connectivity index (χ2v) is 2.94. The van der Waals surface area contributed by atoms with E-state index in [1.165, 1.54) is 18.7 Å². The van der Waals surface area contributed by atoms with E-state index in [1.54, 1.807) is 12.1 Å². The van der Waals surface area contributed by atoms with Crippen molar-refractivity contribution in [3.63, 3.8) is 0 Å². The van der Waals surface area contributed by atoms with Crippen molar-refractivity contribution in [3.8, 4) is 11.5 Å². The van der Waals surface area contributed by atoms with Crippen LogP contribution in [0.3, 0.4) is 0 Å².